The first-order valence-electron chi connectivity index (χ1n) is 7.72. The lowest BCUT2D eigenvalue weighted by molar-refractivity contribution is 0.0810. The Balaban J connectivity index is 2.67. The van der Waals surface area contributed by atoms with E-state index in [2.05, 4.69) is 37.6 Å². The van der Waals surface area contributed by atoms with Crippen LogP contribution in [0, 0.1) is 0 Å². The van der Waals surface area contributed by atoms with Crippen LogP contribution in [0.3, 0.4) is 0 Å². The summed E-state index contributed by atoms with van der Waals surface area (Å²) in [6.07, 6.45) is 9.89. The summed E-state index contributed by atoms with van der Waals surface area (Å²) in [6.45, 7) is 14.5. The number of likely N-dealkylation sites (N-methyl/N-ethyl adjacent to an activating group) is 1. The van der Waals surface area contributed by atoms with Gasteiger partial charge in [0.15, 0.2) is 0 Å². The smallest absolute Gasteiger partial charge is 0.0306 e. The SMILES string of the molecule is C=CCCC(NCC)C(C)(C)N1CCCCCC1. The molecule has 1 atom stereocenters. The quantitative estimate of drug-likeness (QED) is 0.697. The lowest BCUT2D eigenvalue weighted by Crippen LogP contribution is -2.58. The molecule has 0 saturated carbocycles. The Bertz CT molecular complexity index is 227. The maximum Gasteiger partial charge on any atom is 0.0306 e. The van der Waals surface area contributed by atoms with Crippen LogP contribution in [0.1, 0.15) is 59.3 Å². The average Bonchev–Trinajstić information content (AvgIpc) is 2.63. The molecule has 1 aliphatic heterocycles. The van der Waals surface area contributed by atoms with Gasteiger partial charge < -0.3 is 5.32 Å². The van der Waals surface area contributed by atoms with E-state index in [0.29, 0.717) is 6.04 Å². The number of nitrogens with one attached hydrogen (secondary N) is 1. The van der Waals surface area contributed by atoms with Crippen LogP contribution in [0.5, 0.6) is 0 Å². The van der Waals surface area contributed by atoms with E-state index in [4.69, 9.17) is 0 Å². The molecule has 0 aliphatic carbocycles. The summed E-state index contributed by atoms with van der Waals surface area (Å²) >= 11 is 0. The average molecular weight is 252 g/mol. The van der Waals surface area contributed by atoms with Crippen molar-refractivity contribution in [3.8, 4) is 0 Å². The second-order valence-electron chi connectivity index (χ2n) is 6.03. The van der Waals surface area contributed by atoms with E-state index in [-0.39, 0.29) is 5.54 Å². The Morgan fingerprint density at radius 2 is 1.83 bits per heavy atom. The third-order valence-corrected chi connectivity index (χ3v) is 4.38. The molecule has 0 bridgehead atoms. The zero-order chi connectivity index (χ0) is 13.4. The van der Waals surface area contributed by atoms with Gasteiger partial charge in [0, 0.05) is 11.6 Å². The van der Waals surface area contributed by atoms with E-state index in [1.54, 1.807) is 0 Å². The van der Waals surface area contributed by atoms with E-state index in [0.717, 1.165) is 13.0 Å². The minimum Gasteiger partial charge on any atom is -0.312 e. The Morgan fingerprint density at radius 3 is 2.33 bits per heavy atom. The van der Waals surface area contributed by atoms with Crippen LogP contribution in [0.15, 0.2) is 12.7 Å². The van der Waals surface area contributed by atoms with Gasteiger partial charge in [0.2, 0.25) is 0 Å². The molecule has 1 unspecified atom stereocenters. The molecule has 18 heavy (non-hydrogen) atoms. The lowest BCUT2D eigenvalue weighted by atomic mass is 9.88. The normalized spacial score (nSPS) is 20.4. The highest BCUT2D eigenvalue weighted by molar-refractivity contribution is 4.95. The van der Waals surface area contributed by atoms with E-state index in [1.807, 2.05) is 6.08 Å². The van der Waals surface area contributed by atoms with Crippen LogP contribution < -0.4 is 5.32 Å². The summed E-state index contributed by atoms with van der Waals surface area (Å²) in [5, 5.41) is 3.69. The van der Waals surface area contributed by atoms with Crippen LogP contribution >= 0.6 is 0 Å². The van der Waals surface area contributed by atoms with Crippen molar-refractivity contribution < 1.29 is 0 Å². The third-order valence-electron chi connectivity index (χ3n) is 4.38. The molecule has 1 fully saturated rings. The van der Waals surface area contributed by atoms with Crippen molar-refractivity contribution >= 4 is 0 Å². The zero-order valence-electron chi connectivity index (χ0n) is 12.7. The van der Waals surface area contributed by atoms with Crippen molar-refractivity contribution in [2.24, 2.45) is 0 Å². The monoisotopic (exact) mass is 252 g/mol. The number of nitrogens with zero attached hydrogens (tertiary/aromatic N) is 1. The summed E-state index contributed by atoms with van der Waals surface area (Å²) in [7, 11) is 0. The van der Waals surface area contributed by atoms with Gasteiger partial charge in [0.1, 0.15) is 0 Å². The second-order valence-corrected chi connectivity index (χ2v) is 6.03. The summed E-state index contributed by atoms with van der Waals surface area (Å²) in [6, 6.07) is 0.568. The highest BCUT2D eigenvalue weighted by Crippen LogP contribution is 2.25. The van der Waals surface area contributed by atoms with Gasteiger partial charge in [0.25, 0.3) is 0 Å². The zero-order valence-corrected chi connectivity index (χ0v) is 12.7. The molecule has 2 nitrogen and oxygen atoms in total. The highest BCUT2D eigenvalue weighted by atomic mass is 15.2. The summed E-state index contributed by atoms with van der Waals surface area (Å²) in [4.78, 5) is 2.70. The van der Waals surface area contributed by atoms with Crippen molar-refractivity contribution in [1.29, 1.82) is 0 Å². The predicted molar refractivity (Wildman–Crippen MR) is 81.0 cm³/mol. The Kier molecular flexibility index (Phi) is 6.95. The van der Waals surface area contributed by atoms with Crippen LogP contribution in [-0.4, -0.2) is 36.1 Å². The molecule has 0 aromatic carbocycles. The molecule has 1 rings (SSSR count). The fraction of sp³-hybridized carbons (Fsp3) is 0.875. The van der Waals surface area contributed by atoms with Gasteiger partial charge in [-0.1, -0.05) is 25.8 Å². The molecule has 106 valence electrons. The number of rotatable bonds is 7. The van der Waals surface area contributed by atoms with Crippen LogP contribution in [0.2, 0.25) is 0 Å². The topological polar surface area (TPSA) is 15.3 Å². The molecular formula is C16H32N2. The lowest BCUT2D eigenvalue weighted by Gasteiger charge is -2.44. The van der Waals surface area contributed by atoms with Crippen molar-refractivity contribution in [2.75, 3.05) is 19.6 Å². The van der Waals surface area contributed by atoms with E-state index >= 15 is 0 Å². The number of hydrogen-bond acceptors (Lipinski definition) is 2. The number of likely N-dealkylation sites (tertiary alicyclic amines) is 1. The fourth-order valence-electron chi connectivity index (χ4n) is 3.10. The molecule has 1 saturated heterocycles. The third kappa shape index (κ3) is 4.40. The summed E-state index contributed by atoms with van der Waals surface area (Å²) in [5.74, 6) is 0. The first-order chi connectivity index (χ1) is 8.62. The van der Waals surface area contributed by atoms with Crippen molar-refractivity contribution in [3.05, 3.63) is 12.7 Å². The molecule has 1 N–H and O–H groups in total. The largest absolute Gasteiger partial charge is 0.312 e. The summed E-state index contributed by atoms with van der Waals surface area (Å²) in [5.41, 5.74) is 0.253. The molecule has 0 radical (unpaired) electrons. The minimum atomic E-state index is 0.253. The maximum atomic E-state index is 3.86. The van der Waals surface area contributed by atoms with Crippen LogP contribution in [0.4, 0.5) is 0 Å². The van der Waals surface area contributed by atoms with Crippen molar-refractivity contribution in [3.63, 3.8) is 0 Å². The molecular weight excluding hydrogens is 220 g/mol. The van der Waals surface area contributed by atoms with Gasteiger partial charge in [0.05, 0.1) is 0 Å². The molecule has 1 heterocycles. The second kappa shape index (κ2) is 7.96. The first kappa shape index (κ1) is 15.7. The van der Waals surface area contributed by atoms with Gasteiger partial charge in [-0.15, -0.1) is 6.58 Å². The predicted octanol–water partition coefficient (Wildman–Crippen LogP) is 3.59. The molecule has 1 aliphatic rings. The van der Waals surface area contributed by atoms with Crippen molar-refractivity contribution in [2.45, 2.75) is 70.9 Å². The van der Waals surface area contributed by atoms with Crippen molar-refractivity contribution in [1.82, 2.24) is 10.2 Å². The molecule has 0 aromatic rings. The van der Waals surface area contributed by atoms with E-state index in [9.17, 15) is 0 Å². The molecule has 0 amide bonds. The fourth-order valence-corrected chi connectivity index (χ4v) is 3.10. The highest BCUT2D eigenvalue weighted by Gasteiger charge is 2.34. The maximum absolute atomic E-state index is 3.86. The number of hydrogen-bond donors (Lipinski definition) is 1. The van der Waals surface area contributed by atoms with Gasteiger partial charge in [-0.2, -0.15) is 0 Å². The van der Waals surface area contributed by atoms with E-state index in [1.165, 1.54) is 45.2 Å². The molecule has 0 aromatic heterocycles. The number of allylic oxidation sites excluding steroid dienone is 1. The van der Waals surface area contributed by atoms with Gasteiger partial charge >= 0.3 is 0 Å². The minimum absolute atomic E-state index is 0.253. The Hall–Kier alpha value is -0.340. The first-order valence-corrected chi connectivity index (χ1v) is 7.72. The Labute approximate surface area is 114 Å². The van der Waals surface area contributed by atoms with Crippen LogP contribution in [-0.2, 0) is 0 Å². The van der Waals surface area contributed by atoms with Gasteiger partial charge in [-0.25, -0.2) is 0 Å². The molecule has 0 spiro atoms. The standard InChI is InChI=1S/C16H32N2/c1-5-7-12-15(17-6-2)16(3,4)18-13-10-8-9-11-14-18/h5,15,17H,1,6-14H2,2-4H3. The van der Waals surface area contributed by atoms with E-state index < -0.39 is 0 Å². The molecule has 2 heteroatoms. The Morgan fingerprint density at radius 1 is 1.22 bits per heavy atom. The van der Waals surface area contributed by atoms with Crippen LogP contribution in [0.25, 0.3) is 0 Å². The van der Waals surface area contributed by atoms with Gasteiger partial charge in [-0.05, 0) is 59.2 Å². The summed E-state index contributed by atoms with van der Waals surface area (Å²) < 4.78 is 0. The van der Waals surface area contributed by atoms with Gasteiger partial charge in [-0.3, -0.25) is 4.90 Å².